The van der Waals surface area contributed by atoms with Crippen LogP contribution >= 0.6 is 0 Å². The van der Waals surface area contributed by atoms with Gasteiger partial charge in [0, 0.05) is 6.07 Å². The zero-order valence-electron chi connectivity index (χ0n) is 8.73. The van der Waals surface area contributed by atoms with Crippen LogP contribution in [0.4, 0.5) is 0 Å². The maximum absolute atomic E-state index is 10.7. The van der Waals surface area contributed by atoms with Crippen LogP contribution in [-0.4, -0.2) is 22.3 Å². The number of carboxylic acid groups (broad SMARTS) is 1. The van der Waals surface area contributed by atoms with E-state index >= 15 is 0 Å². The van der Waals surface area contributed by atoms with Crippen molar-refractivity contribution in [3.63, 3.8) is 0 Å². The number of carboxylic acids is 1. The lowest BCUT2D eigenvalue weighted by atomic mass is 10.2. The Labute approximate surface area is 88.1 Å². The van der Waals surface area contributed by atoms with Gasteiger partial charge in [-0.25, -0.2) is 4.79 Å². The van der Waals surface area contributed by atoms with Gasteiger partial charge in [0.15, 0.2) is 0 Å². The number of ether oxygens (including phenoxy) is 1. The normalized spacial score (nSPS) is 12.1. The summed E-state index contributed by atoms with van der Waals surface area (Å²) < 4.78 is 5.41. The molecule has 1 atom stereocenters. The average Bonchev–Trinajstić information content (AvgIpc) is 2.16. The largest absolute Gasteiger partial charge is 0.508 e. The summed E-state index contributed by atoms with van der Waals surface area (Å²) in [6.45, 7) is 3.84. The first-order valence-electron chi connectivity index (χ1n) is 4.77. The van der Waals surface area contributed by atoms with Gasteiger partial charge in [-0.1, -0.05) is 6.92 Å². The van der Waals surface area contributed by atoms with Crippen LogP contribution < -0.4 is 4.74 Å². The number of phenols is 1. The second-order valence-electron chi connectivity index (χ2n) is 3.36. The lowest BCUT2D eigenvalue weighted by Gasteiger charge is -2.13. The minimum atomic E-state index is -1.08. The van der Waals surface area contributed by atoms with E-state index in [1.807, 2.05) is 13.8 Å². The topological polar surface area (TPSA) is 66.8 Å². The molecule has 0 aromatic heterocycles. The van der Waals surface area contributed by atoms with Crippen LogP contribution in [0.3, 0.4) is 0 Å². The Bertz CT molecular complexity index is 360. The number of aromatic hydroxyl groups is 1. The SMILES string of the molecule is CCC(C)Oc1cc(O)cc(C(=O)O)c1. The molecular weight excluding hydrogens is 196 g/mol. The van der Waals surface area contributed by atoms with E-state index in [9.17, 15) is 9.90 Å². The van der Waals surface area contributed by atoms with Crippen LogP contribution in [0.15, 0.2) is 18.2 Å². The third kappa shape index (κ3) is 3.16. The third-order valence-electron chi connectivity index (χ3n) is 2.05. The monoisotopic (exact) mass is 210 g/mol. The molecule has 4 nitrogen and oxygen atoms in total. The summed E-state index contributed by atoms with van der Waals surface area (Å²) in [5.74, 6) is -0.810. The number of hydrogen-bond donors (Lipinski definition) is 2. The summed E-state index contributed by atoms with van der Waals surface area (Å²) in [7, 11) is 0. The van der Waals surface area contributed by atoms with Crippen molar-refractivity contribution < 1.29 is 19.7 Å². The third-order valence-corrected chi connectivity index (χ3v) is 2.05. The number of carbonyl (C=O) groups is 1. The molecule has 0 aliphatic heterocycles. The lowest BCUT2D eigenvalue weighted by molar-refractivity contribution is 0.0695. The molecule has 2 N–H and O–H groups in total. The van der Waals surface area contributed by atoms with Gasteiger partial charge in [-0.15, -0.1) is 0 Å². The van der Waals surface area contributed by atoms with Crippen LogP contribution in [0.5, 0.6) is 11.5 Å². The Morgan fingerprint density at radius 2 is 2.13 bits per heavy atom. The lowest BCUT2D eigenvalue weighted by Crippen LogP contribution is -2.10. The summed E-state index contributed by atoms with van der Waals surface area (Å²) in [6.07, 6.45) is 0.811. The molecule has 0 saturated carbocycles. The van der Waals surface area contributed by atoms with E-state index in [1.165, 1.54) is 18.2 Å². The first kappa shape index (κ1) is 11.4. The van der Waals surface area contributed by atoms with Gasteiger partial charge in [0.1, 0.15) is 11.5 Å². The molecule has 1 rings (SSSR count). The van der Waals surface area contributed by atoms with Crippen molar-refractivity contribution in [2.75, 3.05) is 0 Å². The number of aromatic carboxylic acids is 1. The fraction of sp³-hybridized carbons (Fsp3) is 0.364. The zero-order chi connectivity index (χ0) is 11.4. The Morgan fingerprint density at radius 3 is 2.67 bits per heavy atom. The molecule has 0 saturated heterocycles. The number of rotatable bonds is 4. The molecule has 0 aliphatic carbocycles. The first-order chi connectivity index (χ1) is 7.02. The molecule has 0 fully saturated rings. The molecule has 0 amide bonds. The van der Waals surface area contributed by atoms with Crippen molar-refractivity contribution in [3.05, 3.63) is 23.8 Å². The van der Waals surface area contributed by atoms with E-state index in [0.29, 0.717) is 5.75 Å². The molecule has 0 aliphatic rings. The number of phenolic OH excluding ortho intramolecular Hbond substituents is 1. The van der Waals surface area contributed by atoms with E-state index in [0.717, 1.165) is 6.42 Å². The van der Waals surface area contributed by atoms with Crippen LogP contribution in [-0.2, 0) is 0 Å². The van der Waals surface area contributed by atoms with E-state index in [2.05, 4.69) is 0 Å². The molecule has 1 aromatic rings. The van der Waals surface area contributed by atoms with Gasteiger partial charge in [0.25, 0.3) is 0 Å². The van der Waals surface area contributed by atoms with Crippen molar-refractivity contribution >= 4 is 5.97 Å². The van der Waals surface area contributed by atoms with Crippen LogP contribution in [0.1, 0.15) is 30.6 Å². The highest BCUT2D eigenvalue weighted by molar-refractivity contribution is 5.88. The highest BCUT2D eigenvalue weighted by atomic mass is 16.5. The predicted molar refractivity (Wildman–Crippen MR) is 55.4 cm³/mol. The minimum absolute atomic E-state index is 0.00607. The molecular formula is C11H14O4. The summed E-state index contributed by atoms with van der Waals surface area (Å²) in [5.41, 5.74) is 0.0216. The van der Waals surface area contributed by atoms with Gasteiger partial charge in [-0.05, 0) is 25.5 Å². The van der Waals surface area contributed by atoms with Gasteiger partial charge >= 0.3 is 5.97 Å². The zero-order valence-corrected chi connectivity index (χ0v) is 8.73. The summed E-state index contributed by atoms with van der Waals surface area (Å²) in [4.78, 5) is 10.7. The maximum Gasteiger partial charge on any atom is 0.335 e. The Morgan fingerprint density at radius 1 is 1.47 bits per heavy atom. The number of hydrogen-bond acceptors (Lipinski definition) is 3. The molecule has 1 unspecified atom stereocenters. The standard InChI is InChI=1S/C11H14O4/c1-3-7(2)15-10-5-8(11(13)14)4-9(12)6-10/h4-7,12H,3H2,1-2H3,(H,13,14). The molecule has 1 aromatic carbocycles. The fourth-order valence-electron chi connectivity index (χ4n) is 1.09. The van der Waals surface area contributed by atoms with Gasteiger partial charge < -0.3 is 14.9 Å². The molecule has 0 bridgehead atoms. The van der Waals surface area contributed by atoms with E-state index in [-0.39, 0.29) is 17.4 Å². The van der Waals surface area contributed by atoms with Gasteiger partial charge in [0.05, 0.1) is 11.7 Å². The first-order valence-corrected chi connectivity index (χ1v) is 4.77. The molecule has 4 heteroatoms. The molecule has 0 spiro atoms. The van der Waals surface area contributed by atoms with Gasteiger partial charge in [-0.2, -0.15) is 0 Å². The van der Waals surface area contributed by atoms with Crippen molar-refractivity contribution in [2.45, 2.75) is 26.4 Å². The molecule has 0 heterocycles. The molecule has 0 radical (unpaired) electrons. The van der Waals surface area contributed by atoms with Gasteiger partial charge in [-0.3, -0.25) is 0 Å². The van der Waals surface area contributed by atoms with Crippen LogP contribution in [0.2, 0.25) is 0 Å². The van der Waals surface area contributed by atoms with Crippen molar-refractivity contribution in [1.82, 2.24) is 0 Å². The van der Waals surface area contributed by atoms with Crippen molar-refractivity contribution in [3.8, 4) is 11.5 Å². The van der Waals surface area contributed by atoms with E-state index in [1.54, 1.807) is 0 Å². The Balaban J connectivity index is 2.93. The number of benzene rings is 1. The Kier molecular flexibility index (Phi) is 3.55. The molecule has 15 heavy (non-hydrogen) atoms. The minimum Gasteiger partial charge on any atom is -0.508 e. The Hall–Kier alpha value is -1.71. The smallest absolute Gasteiger partial charge is 0.335 e. The summed E-state index contributed by atoms with van der Waals surface area (Å²) in [5, 5.41) is 18.0. The van der Waals surface area contributed by atoms with Crippen molar-refractivity contribution in [1.29, 1.82) is 0 Å². The second-order valence-corrected chi connectivity index (χ2v) is 3.36. The van der Waals surface area contributed by atoms with E-state index in [4.69, 9.17) is 9.84 Å². The van der Waals surface area contributed by atoms with Crippen LogP contribution in [0, 0.1) is 0 Å². The van der Waals surface area contributed by atoms with Gasteiger partial charge in [0.2, 0.25) is 0 Å². The predicted octanol–water partition coefficient (Wildman–Crippen LogP) is 2.27. The highest BCUT2D eigenvalue weighted by Gasteiger charge is 2.09. The summed E-state index contributed by atoms with van der Waals surface area (Å²) in [6, 6.07) is 3.98. The van der Waals surface area contributed by atoms with Crippen molar-refractivity contribution in [2.24, 2.45) is 0 Å². The fourth-order valence-corrected chi connectivity index (χ4v) is 1.09. The molecule has 82 valence electrons. The van der Waals surface area contributed by atoms with Crippen LogP contribution in [0.25, 0.3) is 0 Å². The average molecular weight is 210 g/mol. The van der Waals surface area contributed by atoms with E-state index < -0.39 is 5.97 Å². The highest BCUT2D eigenvalue weighted by Crippen LogP contribution is 2.23. The maximum atomic E-state index is 10.7. The quantitative estimate of drug-likeness (QED) is 0.799. The second kappa shape index (κ2) is 4.68. The summed E-state index contributed by atoms with van der Waals surface area (Å²) >= 11 is 0.